The van der Waals surface area contributed by atoms with Crippen molar-refractivity contribution < 1.29 is 43.0 Å². The maximum absolute atomic E-state index is 12.2. The molecule has 0 aromatic heterocycles. The second kappa shape index (κ2) is 28.7. The fourth-order valence-electron chi connectivity index (χ4n) is 3.97. The standard InChI is InChI=1S/C33H57O9P/c1-3-5-7-8-15-19-22-26-32(35)40-28-31(29-41-43(37,38)39)42-33(36)27-23-20-17-14-12-10-9-11-13-16-18-21-25-30(34)24-6-4-2/h9-10,13-14,16-17,21,25,30-31,34H,3-8,11-12,15,18-20,22-24,26-29H2,1-2H3,(H2,37,38,39)/b10-9-,16-13-,17-14-,25-21-/t30-,31-/m1/s1. The first-order chi connectivity index (χ1) is 20.7. The van der Waals surface area contributed by atoms with Crippen LogP contribution in [0.25, 0.3) is 0 Å². The summed E-state index contributed by atoms with van der Waals surface area (Å²) in [6, 6.07) is 0. The number of aliphatic hydroxyl groups excluding tert-OH is 1. The Labute approximate surface area is 259 Å². The highest BCUT2D eigenvalue weighted by Crippen LogP contribution is 2.35. The van der Waals surface area contributed by atoms with Crippen molar-refractivity contribution in [3.05, 3.63) is 48.6 Å². The molecule has 0 spiro atoms. The molecule has 0 radical (unpaired) electrons. The van der Waals surface area contributed by atoms with E-state index in [-0.39, 0.29) is 25.6 Å². The normalized spacial score (nSPS) is 13.9. The van der Waals surface area contributed by atoms with E-state index in [9.17, 15) is 19.3 Å². The van der Waals surface area contributed by atoms with E-state index in [2.05, 4.69) is 42.7 Å². The van der Waals surface area contributed by atoms with E-state index in [1.807, 2.05) is 24.3 Å². The molecule has 0 amide bonds. The Morgan fingerprint density at radius 2 is 1.26 bits per heavy atom. The molecule has 2 atom stereocenters. The molecule has 0 rings (SSSR count). The SMILES string of the molecule is CCCCCCCCCC(=O)OC[C@H](COP(=O)(O)O)OC(=O)CCC/C=C\C/C=C\C/C=C\C/C=C\[C@H](O)CCCC. The van der Waals surface area contributed by atoms with Crippen molar-refractivity contribution in [1.29, 1.82) is 0 Å². The van der Waals surface area contributed by atoms with Crippen molar-refractivity contribution in [2.24, 2.45) is 0 Å². The van der Waals surface area contributed by atoms with Gasteiger partial charge in [0, 0.05) is 12.8 Å². The molecule has 0 aliphatic rings. The summed E-state index contributed by atoms with van der Waals surface area (Å²) >= 11 is 0. The molecule has 0 aliphatic carbocycles. The number of esters is 2. The highest BCUT2D eigenvalue weighted by Gasteiger charge is 2.22. The van der Waals surface area contributed by atoms with E-state index >= 15 is 0 Å². The third-order valence-corrected chi connectivity index (χ3v) is 6.91. The summed E-state index contributed by atoms with van der Waals surface area (Å²) in [7, 11) is -4.76. The van der Waals surface area contributed by atoms with Crippen LogP contribution < -0.4 is 0 Å². The molecular weight excluding hydrogens is 571 g/mol. The topological polar surface area (TPSA) is 140 Å². The summed E-state index contributed by atoms with van der Waals surface area (Å²) in [5.74, 6) is -0.986. The van der Waals surface area contributed by atoms with Gasteiger partial charge in [-0.05, 0) is 44.9 Å². The van der Waals surface area contributed by atoms with Gasteiger partial charge >= 0.3 is 19.8 Å². The lowest BCUT2D eigenvalue weighted by molar-refractivity contribution is -0.161. The molecule has 0 saturated heterocycles. The maximum Gasteiger partial charge on any atom is 0.469 e. The molecule has 0 aliphatic heterocycles. The average molecular weight is 629 g/mol. The minimum atomic E-state index is -4.76. The van der Waals surface area contributed by atoms with Crippen LogP contribution in [0.15, 0.2) is 48.6 Å². The van der Waals surface area contributed by atoms with Crippen LogP contribution in [0.3, 0.4) is 0 Å². The number of unbranched alkanes of at least 4 members (excludes halogenated alkanes) is 8. The van der Waals surface area contributed by atoms with Gasteiger partial charge < -0.3 is 24.4 Å². The number of ether oxygens (including phenoxy) is 2. The first-order valence-corrected chi connectivity index (χ1v) is 17.6. The minimum absolute atomic E-state index is 0.118. The number of hydrogen-bond donors (Lipinski definition) is 3. The number of carbonyl (C=O) groups excluding carboxylic acids is 2. The molecular formula is C33H57O9P. The lowest BCUT2D eigenvalue weighted by Gasteiger charge is -2.18. The summed E-state index contributed by atoms with van der Waals surface area (Å²) in [5, 5.41) is 9.75. The van der Waals surface area contributed by atoms with E-state index in [0.717, 1.165) is 57.8 Å². The van der Waals surface area contributed by atoms with Gasteiger partial charge in [-0.1, -0.05) is 114 Å². The maximum atomic E-state index is 12.2. The number of aliphatic hydroxyl groups is 1. The number of phosphoric ester groups is 1. The van der Waals surface area contributed by atoms with Gasteiger partial charge in [0.1, 0.15) is 6.61 Å². The molecule has 0 saturated carbocycles. The zero-order valence-electron chi connectivity index (χ0n) is 26.4. The fourth-order valence-corrected chi connectivity index (χ4v) is 4.33. The van der Waals surface area contributed by atoms with Gasteiger partial charge in [-0.15, -0.1) is 0 Å². The fraction of sp³-hybridized carbons (Fsp3) is 0.697. The first kappa shape index (κ1) is 41.0. The molecule has 0 fully saturated rings. The molecule has 248 valence electrons. The van der Waals surface area contributed by atoms with Gasteiger partial charge in [-0.3, -0.25) is 14.1 Å². The summed E-state index contributed by atoms with van der Waals surface area (Å²) in [5.41, 5.74) is 0. The van der Waals surface area contributed by atoms with Crippen LogP contribution >= 0.6 is 7.82 Å². The second-order valence-corrected chi connectivity index (χ2v) is 11.8. The number of rotatable bonds is 28. The summed E-state index contributed by atoms with van der Waals surface area (Å²) < 4.78 is 26.0. The minimum Gasteiger partial charge on any atom is -0.462 e. The van der Waals surface area contributed by atoms with Crippen LogP contribution in [-0.4, -0.2) is 52.3 Å². The van der Waals surface area contributed by atoms with Gasteiger partial charge in [0.25, 0.3) is 0 Å². The number of phosphoric acid groups is 1. The third kappa shape index (κ3) is 31.2. The van der Waals surface area contributed by atoms with Crippen LogP contribution in [0.4, 0.5) is 0 Å². The molecule has 3 N–H and O–H groups in total. The Morgan fingerprint density at radius 3 is 1.88 bits per heavy atom. The van der Waals surface area contributed by atoms with E-state index in [4.69, 9.17) is 19.3 Å². The van der Waals surface area contributed by atoms with Crippen molar-refractivity contribution in [3.8, 4) is 0 Å². The molecule has 43 heavy (non-hydrogen) atoms. The predicted molar refractivity (Wildman–Crippen MR) is 171 cm³/mol. The van der Waals surface area contributed by atoms with Crippen molar-refractivity contribution in [3.63, 3.8) is 0 Å². The largest absolute Gasteiger partial charge is 0.469 e. The van der Waals surface area contributed by atoms with E-state index in [1.165, 1.54) is 19.3 Å². The van der Waals surface area contributed by atoms with Gasteiger partial charge in [0.2, 0.25) is 0 Å². The second-order valence-electron chi connectivity index (χ2n) is 10.6. The summed E-state index contributed by atoms with van der Waals surface area (Å²) in [4.78, 5) is 42.3. The van der Waals surface area contributed by atoms with E-state index in [1.54, 1.807) is 0 Å². The summed E-state index contributed by atoms with van der Waals surface area (Å²) in [6.07, 6.45) is 29.1. The average Bonchev–Trinajstić information content (AvgIpc) is 2.96. The van der Waals surface area contributed by atoms with Gasteiger partial charge in [-0.25, -0.2) is 4.57 Å². The highest BCUT2D eigenvalue weighted by atomic mass is 31.2. The lowest BCUT2D eigenvalue weighted by Crippen LogP contribution is -2.29. The van der Waals surface area contributed by atoms with Gasteiger partial charge in [0.05, 0.1) is 12.7 Å². The Bertz CT molecular complexity index is 860. The zero-order valence-corrected chi connectivity index (χ0v) is 27.3. The summed E-state index contributed by atoms with van der Waals surface area (Å²) in [6.45, 7) is 3.39. The van der Waals surface area contributed by atoms with Crippen LogP contribution in [-0.2, 0) is 28.2 Å². The zero-order chi connectivity index (χ0) is 32.0. The molecule has 0 heterocycles. The number of allylic oxidation sites excluding steroid dienone is 7. The number of carbonyl (C=O) groups is 2. The third-order valence-electron chi connectivity index (χ3n) is 6.42. The van der Waals surface area contributed by atoms with Crippen molar-refractivity contribution in [1.82, 2.24) is 0 Å². The number of hydrogen-bond acceptors (Lipinski definition) is 7. The Hall–Kier alpha value is -2.03. The van der Waals surface area contributed by atoms with Gasteiger partial charge in [0.15, 0.2) is 6.10 Å². The predicted octanol–water partition coefficient (Wildman–Crippen LogP) is 7.81. The van der Waals surface area contributed by atoms with E-state index in [0.29, 0.717) is 19.3 Å². The monoisotopic (exact) mass is 628 g/mol. The van der Waals surface area contributed by atoms with Crippen molar-refractivity contribution in [2.75, 3.05) is 13.2 Å². The molecule has 0 bridgehead atoms. The Morgan fingerprint density at radius 1 is 0.698 bits per heavy atom. The molecule has 0 aromatic carbocycles. The molecule has 9 nitrogen and oxygen atoms in total. The van der Waals surface area contributed by atoms with Crippen molar-refractivity contribution >= 4 is 19.8 Å². The van der Waals surface area contributed by atoms with Crippen LogP contribution in [0.1, 0.15) is 123 Å². The van der Waals surface area contributed by atoms with Crippen molar-refractivity contribution in [2.45, 2.75) is 135 Å². The molecule has 10 heteroatoms. The van der Waals surface area contributed by atoms with Crippen LogP contribution in [0.2, 0.25) is 0 Å². The molecule has 0 unspecified atom stereocenters. The molecule has 0 aromatic rings. The first-order valence-electron chi connectivity index (χ1n) is 16.0. The van der Waals surface area contributed by atoms with Crippen LogP contribution in [0, 0.1) is 0 Å². The smallest absolute Gasteiger partial charge is 0.462 e. The highest BCUT2D eigenvalue weighted by molar-refractivity contribution is 7.46. The quantitative estimate of drug-likeness (QED) is 0.0342. The van der Waals surface area contributed by atoms with E-state index < -0.39 is 32.5 Å². The lowest BCUT2D eigenvalue weighted by atomic mass is 10.1. The van der Waals surface area contributed by atoms with Gasteiger partial charge in [-0.2, -0.15) is 0 Å². The Balaban J connectivity index is 4.18. The Kier molecular flexibility index (Phi) is 27.4. The van der Waals surface area contributed by atoms with Crippen LogP contribution in [0.5, 0.6) is 0 Å².